The molecule has 0 bridgehead atoms. The largest absolute Gasteiger partial charge is 0.500 e. The summed E-state index contributed by atoms with van der Waals surface area (Å²) in [6.07, 6.45) is 0. The summed E-state index contributed by atoms with van der Waals surface area (Å²) in [7, 11) is -17.2. The zero-order valence-electron chi connectivity index (χ0n) is 36.4. The topological polar surface area (TPSA) is 120 Å². The fourth-order valence-electron chi connectivity index (χ4n) is 6.72. The molecule has 0 aliphatic carbocycles. The molecule has 0 aliphatic heterocycles. The van der Waals surface area contributed by atoms with Crippen LogP contribution >= 0.6 is 0 Å². The molecule has 0 unspecified atom stereocenters. The van der Waals surface area contributed by atoms with Crippen LogP contribution in [0.2, 0.25) is 61.4 Å². The van der Waals surface area contributed by atoms with Crippen LogP contribution in [0.25, 0.3) is 0 Å². The Balaban J connectivity index is 7.30. The summed E-state index contributed by atoms with van der Waals surface area (Å²) in [4.78, 5) is 0. The second-order valence-electron chi connectivity index (χ2n) is 12.9. The molecule has 0 aromatic heterocycles. The van der Waals surface area contributed by atoms with Crippen LogP contribution < -0.4 is 0 Å². The van der Waals surface area contributed by atoms with Gasteiger partial charge in [-0.25, -0.2) is 0 Å². The van der Waals surface area contributed by atoms with Gasteiger partial charge < -0.3 is 57.2 Å². The maximum atomic E-state index is 7.84. The molecule has 0 N–H and O–H groups in total. The number of rotatable bonds is 38. The van der Waals surface area contributed by atoms with Crippen LogP contribution in [0.4, 0.5) is 0 Å². The summed E-state index contributed by atoms with van der Waals surface area (Å²) in [5.41, 5.74) is 0. The SMILES string of the molecule is CCO[Si](CC[Si](C)(CC[Si](OCC)(OCC)OCC)O[Si](C)(CC[Si](OCC)(OCC)OCC)CC[Si](OCC)(OCC)OCC)(OCC)OCC. The fraction of sp³-hybridized carbons (Fsp3) is 1.00. The Morgan fingerprint density at radius 2 is 0.358 bits per heavy atom. The van der Waals surface area contributed by atoms with Gasteiger partial charge in [-0.1, -0.05) is 0 Å². The first-order valence-corrected chi connectivity index (χ1v) is 34.0. The molecule has 19 heteroatoms. The van der Waals surface area contributed by atoms with Crippen molar-refractivity contribution in [2.45, 2.75) is 145 Å². The Kier molecular flexibility index (Phi) is 29.5. The van der Waals surface area contributed by atoms with E-state index in [2.05, 4.69) is 13.1 Å². The molecule has 320 valence electrons. The quantitative estimate of drug-likeness (QED) is 0.0554. The smallest absolute Gasteiger partial charge is 0.455 e. The molecule has 0 radical (unpaired) electrons. The molecule has 0 spiro atoms. The highest BCUT2D eigenvalue weighted by Gasteiger charge is 2.52. The minimum atomic E-state index is -2.98. The molecule has 0 aromatic carbocycles. The Bertz CT molecular complexity index is 702. The van der Waals surface area contributed by atoms with Gasteiger partial charge in [-0.3, -0.25) is 0 Å². The molecule has 0 amide bonds. The van der Waals surface area contributed by atoms with Gasteiger partial charge in [0.25, 0.3) is 0 Å². The van der Waals surface area contributed by atoms with Gasteiger partial charge >= 0.3 is 35.2 Å². The molecule has 0 saturated carbocycles. The van der Waals surface area contributed by atoms with Crippen LogP contribution in [-0.4, -0.2) is 131 Å². The normalized spacial score (nSPS) is 13.7. The molecule has 13 nitrogen and oxygen atoms in total. The lowest BCUT2D eigenvalue weighted by atomic mass is 10.9. The Morgan fingerprint density at radius 3 is 0.472 bits per heavy atom. The zero-order chi connectivity index (χ0) is 40.3. The van der Waals surface area contributed by atoms with Crippen molar-refractivity contribution in [3.63, 3.8) is 0 Å². The average molecular weight is 868 g/mol. The highest BCUT2D eigenvalue weighted by Crippen LogP contribution is 2.39. The van der Waals surface area contributed by atoms with Gasteiger partial charge in [-0.05, 0) is 120 Å². The molecule has 53 heavy (non-hydrogen) atoms. The Hall–Kier alpha value is 0.781. The van der Waals surface area contributed by atoms with Crippen LogP contribution in [0.15, 0.2) is 0 Å². The fourth-order valence-corrected chi connectivity index (χ4v) is 35.0. The Labute approximate surface area is 331 Å². The van der Waals surface area contributed by atoms with Crippen molar-refractivity contribution in [3.8, 4) is 0 Å². The second kappa shape index (κ2) is 29.1. The van der Waals surface area contributed by atoms with Crippen molar-refractivity contribution in [2.24, 2.45) is 0 Å². The average Bonchev–Trinajstić information content (AvgIpc) is 3.10. The van der Waals surface area contributed by atoms with Crippen LogP contribution in [-0.2, 0) is 57.2 Å². The molecule has 0 fully saturated rings. The number of hydrogen-bond acceptors (Lipinski definition) is 13. The third kappa shape index (κ3) is 19.9. The molecule has 0 saturated heterocycles. The van der Waals surface area contributed by atoms with Crippen LogP contribution in [0.1, 0.15) is 83.1 Å². The molecule has 0 aliphatic rings. The van der Waals surface area contributed by atoms with Gasteiger partial charge in [0, 0.05) is 103 Å². The molecule has 0 heterocycles. The van der Waals surface area contributed by atoms with Crippen molar-refractivity contribution >= 4 is 51.9 Å². The molecule has 0 atom stereocenters. The molecular weight excluding hydrogens is 785 g/mol. The van der Waals surface area contributed by atoms with Gasteiger partial charge in [-0.15, -0.1) is 0 Å². The predicted molar refractivity (Wildman–Crippen MR) is 225 cm³/mol. The maximum absolute atomic E-state index is 7.84. The minimum absolute atomic E-state index is 0.519. The summed E-state index contributed by atoms with van der Waals surface area (Å²) in [6, 6.07) is 5.78. The zero-order valence-corrected chi connectivity index (χ0v) is 42.4. The van der Waals surface area contributed by atoms with Gasteiger partial charge in [0.1, 0.15) is 0 Å². The van der Waals surface area contributed by atoms with E-state index in [9.17, 15) is 0 Å². The minimum Gasteiger partial charge on any atom is -0.455 e. The third-order valence-corrected chi connectivity index (χ3v) is 32.1. The first-order chi connectivity index (χ1) is 25.3. The van der Waals surface area contributed by atoms with E-state index in [1.54, 1.807) is 0 Å². The van der Waals surface area contributed by atoms with Crippen LogP contribution in [0.3, 0.4) is 0 Å². The van der Waals surface area contributed by atoms with Crippen LogP contribution in [0, 0.1) is 0 Å². The van der Waals surface area contributed by atoms with Crippen molar-refractivity contribution in [3.05, 3.63) is 0 Å². The number of hydrogen-bond donors (Lipinski definition) is 0. The van der Waals surface area contributed by atoms with Gasteiger partial charge in [-0.2, -0.15) is 0 Å². The summed E-state index contributed by atoms with van der Waals surface area (Å²) in [6.45, 7) is 34.9. The van der Waals surface area contributed by atoms with Gasteiger partial charge in [0.05, 0.1) is 0 Å². The van der Waals surface area contributed by atoms with E-state index in [-0.39, 0.29) is 0 Å². The van der Waals surface area contributed by atoms with E-state index in [0.717, 1.165) is 24.2 Å². The maximum Gasteiger partial charge on any atom is 0.500 e. The van der Waals surface area contributed by atoms with Crippen LogP contribution in [0.5, 0.6) is 0 Å². The Morgan fingerprint density at radius 1 is 0.226 bits per heavy atom. The monoisotopic (exact) mass is 866 g/mol. The first-order valence-electron chi connectivity index (χ1n) is 20.6. The van der Waals surface area contributed by atoms with Gasteiger partial charge in [0.15, 0.2) is 16.6 Å². The van der Waals surface area contributed by atoms with Gasteiger partial charge in [0.2, 0.25) is 0 Å². The first kappa shape index (κ1) is 53.8. The highest BCUT2D eigenvalue weighted by atomic mass is 28.4. The molecular formula is C34H82O13Si6. The van der Waals surface area contributed by atoms with Crippen molar-refractivity contribution < 1.29 is 57.2 Å². The van der Waals surface area contributed by atoms with E-state index < -0.39 is 51.9 Å². The summed E-state index contributed by atoms with van der Waals surface area (Å²) in [5, 5.41) is 0. The summed E-state index contributed by atoms with van der Waals surface area (Å²) >= 11 is 0. The lowest BCUT2D eigenvalue weighted by molar-refractivity contribution is 0.0712. The predicted octanol–water partition coefficient (Wildman–Crippen LogP) is 8.35. The van der Waals surface area contributed by atoms with E-state index in [1.165, 1.54) is 0 Å². The summed E-state index contributed by atoms with van der Waals surface area (Å²) < 4.78 is 84.2. The lowest BCUT2D eigenvalue weighted by Gasteiger charge is -2.43. The highest BCUT2D eigenvalue weighted by molar-refractivity contribution is 6.88. The standard InChI is InChI=1S/C34H82O13Si6/c1-15-35-50(36-16-2,37-17-3)31-27-48(13,28-32-51(38-18-4,39-19-5)40-20-6)47-49(14,29-33-52(41-21-7,42-22-8)43-23-9)30-34-53(44-24-10,45-25-11)46-26-12/h15-34H2,1-14H3. The van der Waals surface area contributed by atoms with E-state index in [0.29, 0.717) is 103 Å². The van der Waals surface area contributed by atoms with E-state index in [1.807, 2.05) is 83.1 Å². The molecule has 0 rings (SSSR count). The van der Waals surface area contributed by atoms with Crippen molar-refractivity contribution in [1.82, 2.24) is 0 Å². The van der Waals surface area contributed by atoms with E-state index in [4.69, 9.17) is 57.2 Å². The lowest BCUT2D eigenvalue weighted by Crippen LogP contribution is -2.55. The third-order valence-electron chi connectivity index (χ3n) is 8.70. The summed E-state index contributed by atoms with van der Waals surface area (Å²) in [5.74, 6) is 0. The van der Waals surface area contributed by atoms with Crippen molar-refractivity contribution in [1.29, 1.82) is 0 Å². The van der Waals surface area contributed by atoms with Crippen molar-refractivity contribution in [2.75, 3.05) is 79.3 Å². The second-order valence-corrected chi connectivity index (χ2v) is 32.5. The van der Waals surface area contributed by atoms with E-state index >= 15 is 0 Å². The molecule has 0 aromatic rings.